The number of thiazole rings is 1. The first kappa shape index (κ1) is 16.0. The number of hydrogen-bond donors (Lipinski definition) is 0. The number of aromatic nitrogens is 1. The standard InChI is InChI=1S/C20H21N4S/c1-23-11-5-8-17-14-18(9-10-19(17)23)21-22-20-24(12-13-25-20)15-16-6-3-2-4-7-16/h2-4,6-7,9-10,12-14H,5,8,11,15H2,1H3/q+1. The second-order valence-corrected chi connectivity index (χ2v) is 7.21. The van der Waals surface area contributed by atoms with Crippen LogP contribution in [-0.4, -0.2) is 13.6 Å². The lowest BCUT2D eigenvalue weighted by Crippen LogP contribution is -2.31. The Labute approximate surface area is 152 Å². The van der Waals surface area contributed by atoms with E-state index in [1.807, 2.05) is 6.07 Å². The number of nitrogens with zero attached hydrogens (tertiary/aromatic N) is 4. The van der Waals surface area contributed by atoms with E-state index in [-0.39, 0.29) is 0 Å². The minimum atomic E-state index is 0.813. The van der Waals surface area contributed by atoms with E-state index in [0.717, 1.165) is 30.3 Å². The molecule has 1 aromatic heterocycles. The van der Waals surface area contributed by atoms with Crippen molar-refractivity contribution in [1.29, 1.82) is 0 Å². The SMILES string of the molecule is CN1CCCc2cc(/N=N/c3scc[n+]3Cc3ccccc3)ccc21. The number of azo groups is 1. The normalized spacial score (nSPS) is 14.0. The zero-order valence-electron chi connectivity index (χ0n) is 14.3. The molecular weight excluding hydrogens is 328 g/mol. The van der Waals surface area contributed by atoms with Crippen molar-refractivity contribution in [2.45, 2.75) is 19.4 Å². The third kappa shape index (κ3) is 3.61. The Hall–Kier alpha value is -2.53. The van der Waals surface area contributed by atoms with Gasteiger partial charge in [-0.05, 0) is 58.6 Å². The third-order valence-corrected chi connectivity index (χ3v) is 5.31. The summed E-state index contributed by atoms with van der Waals surface area (Å²) in [4.78, 5) is 2.31. The Kier molecular flexibility index (Phi) is 4.57. The molecular formula is C20H21N4S+. The van der Waals surface area contributed by atoms with Crippen LogP contribution in [0.15, 0.2) is 70.3 Å². The molecule has 5 heteroatoms. The molecule has 3 aromatic rings. The van der Waals surface area contributed by atoms with Crippen molar-refractivity contribution in [2.75, 3.05) is 18.5 Å². The summed E-state index contributed by atoms with van der Waals surface area (Å²) < 4.78 is 2.13. The summed E-state index contributed by atoms with van der Waals surface area (Å²) in [7, 11) is 2.15. The van der Waals surface area contributed by atoms with Crippen molar-refractivity contribution in [3.8, 4) is 0 Å². The largest absolute Gasteiger partial charge is 0.408 e. The lowest BCUT2D eigenvalue weighted by molar-refractivity contribution is -0.671. The Bertz CT molecular complexity index is 886. The molecule has 4 nitrogen and oxygen atoms in total. The average molecular weight is 349 g/mol. The zero-order chi connectivity index (χ0) is 17.1. The van der Waals surface area contributed by atoms with Gasteiger partial charge in [-0.15, -0.1) is 0 Å². The molecule has 0 unspecified atom stereocenters. The fraction of sp³-hybridized carbons (Fsp3) is 0.250. The number of fused-ring (bicyclic) bond motifs is 1. The molecule has 0 bridgehead atoms. The Morgan fingerprint density at radius 1 is 1.12 bits per heavy atom. The predicted molar refractivity (Wildman–Crippen MR) is 102 cm³/mol. The van der Waals surface area contributed by atoms with Crippen molar-refractivity contribution < 1.29 is 4.57 Å². The topological polar surface area (TPSA) is 31.8 Å². The highest BCUT2D eigenvalue weighted by Crippen LogP contribution is 2.30. The quantitative estimate of drug-likeness (QED) is 0.488. The van der Waals surface area contributed by atoms with Crippen LogP contribution in [0.2, 0.25) is 0 Å². The van der Waals surface area contributed by atoms with Crippen molar-refractivity contribution in [3.63, 3.8) is 0 Å². The fourth-order valence-electron chi connectivity index (χ4n) is 3.21. The van der Waals surface area contributed by atoms with Crippen LogP contribution in [0.25, 0.3) is 0 Å². The Morgan fingerprint density at radius 3 is 2.88 bits per heavy atom. The van der Waals surface area contributed by atoms with Gasteiger partial charge in [0, 0.05) is 24.7 Å². The van der Waals surface area contributed by atoms with Gasteiger partial charge >= 0.3 is 5.13 Å². The van der Waals surface area contributed by atoms with Gasteiger partial charge in [-0.3, -0.25) is 0 Å². The Morgan fingerprint density at radius 2 is 2.00 bits per heavy atom. The minimum Gasteiger partial charge on any atom is -0.374 e. The first-order valence-corrected chi connectivity index (χ1v) is 9.44. The first-order chi connectivity index (χ1) is 12.3. The molecule has 25 heavy (non-hydrogen) atoms. The van der Waals surface area contributed by atoms with Gasteiger partial charge in [0.05, 0.1) is 5.11 Å². The highest BCUT2D eigenvalue weighted by atomic mass is 32.1. The smallest absolute Gasteiger partial charge is 0.374 e. The monoisotopic (exact) mass is 349 g/mol. The molecule has 2 heterocycles. The highest BCUT2D eigenvalue weighted by molar-refractivity contribution is 7.12. The van der Waals surface area contributed by atoms with Crippen LogP contribution in [0, 0.1) is 0 Å². The predicted octanol–water partition coefficient (Wildman–Crippen LogP) is 4.88. The molecule has 1 aliphatic rings. The van der Waals surface area contributed by atoms with Crippen LogP contribution in [0.1, 0.15) is 17.5 Å². The molecule has 0 radical (unpaired) electrons. The van der Waals surface area contributed by atoms with Gasteiger partial charge in [0.25, 0.3) is 0 Å². The fourth-order valence-corrected chi connectivity index (χ4v) is 3.89. The van der Waals surface area contributed by atoms with E-state index in [1.54, 1.807) is 11.3 Å². The van der Waals surface area contributed by atoms with Crippen molar-refractivity contribution in [3.05, 3.63) is 71.2 Å². The van der Waals surface area contributed by atoms with Crippen LogP contribution in [0.4, 0.5) is 16.5 Å². The van der Waals surface area contributed by atoms with E-state index in [9.17, 15) is 0 Å². The Balaban J connectivity index is 1.54. The molecule has 0 atom stereocenters. The summed E-state index contributed by atoms with van der Waals surface area (Å²) in [6, 6.07) is 16.8. The maximum atomic E-state index is 4.49. The van der Waals surface area contributed by atoms with Gasteiger partial charge in [-0.1, -0.05) is 30.3 Å². The zero-order valence-corrected chi connectivity index (χ0v) is 15.1. The van der Waals surface area contributed by atoms with Gasteiger partial charge < -0.3 is 4.90 Å². The van der Waals surface area contributed by atoms with Gasteiger partial charge in [0.2, 0.25) is 0 Å². The number of hydrogen-bond acceptors (Lipinski definition) is 4. The molecule has 0 saturated carbocycles. The molecule has 0 aliphatic carbocycles. The molecule has 2 aromatic carbocycles. The van der Waals surface area contributed by atoms with E-state index >= 15 is 0 Å². The number of benzene rings is 2. The highest BCUT2D eigenvalue weighted by Gasteiger charge is 2.15. The van der Waals surface area contributed by atoms with E-state index in [0.29, 0.717) is 0 Å². The molecule has 126 valence electrons. The number of aryl methyl sites for hydroxylation is 1. The van der Waals surface area contributed by atoms with Crippen LogP contribution in [0.3, 0.4) is 0 Å². The van der Waals surface area contributed by atoms with Gasteiger partial charge in [-0.25, -0.2) is 4.57 Å². The van der Waals surface area contributed by atoms with E-state index in [4.69, 9.17) is 0 Å². The van der Waals surface area contributed by atoms with Crippen LogP contribution >= 0.6 is 11.3 Å². The lowest BCUT2D eigenvalue weighted by atomic mass is 10.0. The summed E-state index contributed by atoms with van der Waals surface area (Å²) >= 11 is 1.61. The maximum Gasteiger partial charge on any atom is 0.408 e. The van der Waals surface area contributed by atoms with Crippen molar-refractivity contribution >= 4 is 27.8 Å². The van der Waals surface area contributed by atoms with Crippen LogP contribution in [-0.2, 0) is 13.0 Å². The second-order valence-electron chi connectivity index (χ2n) is 6.34. The third-order valence-electron chi connectivity index (χ3n) is 4.52. The van der Waals surface area contributed by atoms with Crippen LogP contribution < -0.4 is 9.47 Å². The molecule has 0 amide bonds. The summed E-state index contributed by atoms with van der Waals surface area (Å²) in [6.07, 6.45) is 4.38. The van der Waals surface area contributed by atoms with Gasteiger partial charge in [0.15, 0.2) is 0 Å². The number of anilines is 1. The average Bonchev–Trinajstić information content (AvgIpc) is 3.08. The first-order valence-electron chi connectivity index (χ1n) is 8.56. The van der Waals surface area contributed by atoms with Crippen molar-refractivity contribution in [1.82, 2.24) is 0 Å². The van der Waals surface area contributed by atoms with Crippen LogP contribution in [0.5, 0.6) is 0 Å². The number of rotatable bonds is 4. The second kappa shape index (κ2) is 7.15. The lowest BCUT2D eigenvalue weighted by Gasteiger charge is -2.27. The molecule has 0 spiro atoms. The summed E-state index contributed by atoms with van der Waals surface area (Å²) in [6.45, 7) is 1.94. The molecule has 0 saturated heterocycles. The maximum absolute atomic E-state index is 4.49. The van der Waals surface area contributed by atoms with Gasteiger partial charge in [-0.2, -0.15) is 0 Å². The summed E-state index contributed by atoms with van der Waals surface area (Å²) in [5.74, 6) is 0. The summed E-state index contributed by atoms with van der Waals surface area (Å²) in [5.41, 5.74) is 4.88. The molecule has 1 aliphatic heterocycles. The van der Waals surface area contributed by atoms with E-state index in [2.05, 4.69) is 80.8 Å². The molecule has 4 rings (SSSR count). The molecule has 0 N–H and O–H groups in total. The van der Waals surface area contributed by atoms with E-state index < -0.39 is 0 Å². The van der Waals surface area contributed by atoms with E-state index in [1.165, 1.54) is 23.2 Å². The van der Waals surface area contributed by atoms with Crippen molar-refractivity contribution in [2.24, 2.45) is 10.2 Å². The van der Waals surface area contributed by atoms with Gasteiger partial charge in [0.1, 0.15) is 18.4 Å². The molecule has 0 fully saturated rings. The summed E-state index contributed by atoms with van der Waals surface area (Å²) in [5, 5.41) is 11.9. The minimum absolute atomic E-state index is 0.813.